The molecule has 0 aromatic heterocycles. The largest absolute Gasteiger partial charge is 0.391 e. The second kappa shape index (κ2) is 10.5. The molecule has 0 aliphatic carbocycles. The van der Waals surface area contributed by atoms with Gasteiger partial charge in [0.05, 0.1) is 31.0 Å². The lowest BCUT2D eigenvalue weighted by Gasteiger charge is -2.31. The van der Waals surface area contributed by atoms with E-state index >= 15 is 0 Å². The summed E-state index contributed by atoms with van der Waals surface area (Å²) in [7, 11) is 1.60. The number of hydrogen-bond acceptors (Lipinski definition) is 5. The number of methoxy groups -OCH3 is 1. The SMILES string of the molecule is CCCCOCCOC(C(C)O)C(O)CC(C)(C)OC. The molecule has 0 aromatic rings. The Kier molecular flexibility index (Phi) is 10.4. The lowest BCUT2D eigenvalue weighted by Crippen LogP contribution is -2.43. The average Bonchev–Trinajstić information content (AvgIpc) is 2.36. The van der Waals surface area contributed by atoms with Gasteiger partial charge < -0.3 is 24.4 Å². The molecule has 0 radical (unpaired) electrons. The van der Waals surface area contributed by atoms with Crippen molar-refractivity contribution in [3.05, 3.63) is 0 Å². The highest BCUT2D eigenvalue weighted by Crippen LogP contribution is 2.20. The molecule has 0 fully saturated rings. The normalized spacial score (nSPS) is 16.9. The molecule has 20 heavy (non-hydrogen) atoms. The summed E-state index contributed by atoms with van der Waals surface area (Å²) in [6.07, 6.45) is 0.385. The van der Waals surface area contributed by atoms with Gasteiger partial charge in [0.2, 0.25) is 0 Å². The fourth-order valence-electron chi connectivity index (χ4n) is 1.87. The van der Waals surface area contributed by atoms with Crippen LogP contribution in [0.1, 0.15) is 47.0 Å². The molecule has 5 nitrogen and oxygen atoms in total. The summed E-state index contributed by atoms with van der Waals surface area (Å²) in [6, 6.07) is 0. The van der Waals surface area contributed by atoms with Crippen molar-refractivity contribution in [2.45, 2.75) is 70.9 Å². The quantitative estimate of drug-likeness (QED) is 0.536. The van der Waals surface area contributed by atoms with Crippen molar-refractivity contribution in [1.82, 2.24) is 0 Å². The van der Waals surface area contributed by atoms with Gasteiger partial charge in [-0.15, -0.1) is 0 Å². The molecule has 0 saturated heterocycles. The molecule has 0 aliphatic rings. The van der Waals surface area contributed by atoms with Crippen LogP contribution in [-0.2, 0) is 14.2 Å². The minimum absolute atomic E-state index is 0.365. The maximum atomic E-state index is 10.2. The zero-order valence-electron chi connectivity index (χ0n) is 13.6. The first-order valence-electron chi connectivity index (χ1n) is 7.44. The van der Waals surface area contributed by atoms with Crippen LogP contribution in [0, 0.1) is 0 Å². The molecule has 0 aromatic carbocycles. The van der Waals surface area contributed by atoms with E-state index in [-0.39, 0.29) is 0 Å². The minimum Gasteiger partial charge on any atom is -0.391 e. The van der Waals surface area contributed by atoms with E-state index in [1.54, 1.807) is 14.0 Å². The molecule has 0 bridgehead atoms. The Labute approximate surface area is 123 Å². The zero-order valence-corrected chi connectivity index (χ0v) is 13.6. The Morgan fingerprint density at radius 1 is 1.10 bits per heavy atom. The average molecular weight is 292 g/mol. The van der Waals surface area contributed by atoms with Gasteiger partial charge in [0.1, 0.15) is 6.10 Å². The Morgan fingerprint density at radius 3 is 2.25 bits per heavy atom. The van der Waals surface area contributed by atoms with E-state index < -0.39 is 23.9 Å². The van der Waals surface area contributed by atoms with Crippen LogP contribution in [-0.4, -0.2) is 61.1 Å². The van der Waals surface area contributed by atoms with Gasteiger partial charge in [0.25, 0.3) is 0 Å². The lowest BCUT2D eigenvalue weighted by molar-refractivity contribution is -0.125. The van der Waals surface area contributed by atoms with E-state index in [4.69, 9.17) is 14.2 Å². The van der Waals surface area contributed by atoms with Crippen LogP contribution < -0.4 is 0 Å². The number of aliphatic hydroxyl groups excluding tert-OH is 2. The molecule has 5 heteroatoms. The van der Waals surface area contributed by atoms with Gasteiger partial charge in [-0.25, -0.2) is 0 Å². The van der Waals surface area contributed by atoms with Gasteiger partial charge >= 0.3 is 0 Å². The second-order valence-electron chi connectivity index (χ2n) is 5.78. The number of ether oxygens (including phenoxy) is 3. The van der Waals surface area contributed by atoms with Gasteiger partial charge in [-0.1, -0.05) is 13.3 Å². The molecule has 0 rings (SSSR count). The van der Waals surface area contributed by atoms with E-state index in [1.165, 1.54) is 0 Å². The fourth-order valence-corrected chi connectivity index (χ4v) is 1.87. The Morgan fingerprint density at radius 2 is 1.75 bits per heavy atom. The van der Waals surface area contributed by atoms with Crippen LogP contribution in [0.5, 0.6) is 0 Å². The second-order valence-corrected chi connectivity index (χ2v) is 5.78. The van der Waals surface area contributed by atoms with Crippen LogP contribution in [0.25, 0.3) is 0 Å². The summed E-state index contributed by atoms with van der Waals surface area (Å²) in [5, 5.41) is 19.9. The van der Waals surface area contributed by atoms with Gasteiger partial charge in [-0.2, -0.15) is 0 Å². The third kappa shape index (κ3) is 8.87. The molecular weight excluding hydrogens is 260 g/mol. The molecule has 122 valence electrons. The first-order valence-corrected chi connectivity index (χ1v) is 7.44. The van der Waals surface area contributed by atoms with Crippen molar-refractivity contribution in [2.24, 2.45) is 0 Å². The van der Waals surface area contributed by atoms with Crippen LogP contribution in [0.15, 0.2) is 0 Å². The predicted octanol–water partition coefficient (Wildman–Crippen LogP) is 1.75. The standard InChI is InChI=1S/C15H32O5/c1-6-7-8-19-9-10-20-14(12(2)16)13(17)11-15(3,4)18-5/h12-14,16-17H,6-11H2,1-5H3. The summed E-state index contributed by atoms with van der Waals surface area (Å²) in [5.74, 6) is 0. The van der Waals surface area contributed by atoms with Gasteiger partial charge in [0.15, 0.2) is 0 Å². The number of hydrogen-bond donors (Lipinski definition) is 2. The third-order valence-corrected chi connectivity index (χ3v) is 3.29. The summed E-state index contributed by atoms with van der Waals surface area (Å²) in [4.78, 5) is 0. The van der Waals surface area contributed by atoms with Gasteiger partial charge in [-0.05, 0) is 27.2 Å². The smallest absolute Gasteiger partial charge is 0.109 e. The van der Waals surface area contributed by atoms with Crippen LogP contribution >= 0.6 is 0 Å². The molecule has 0 amide bonds. The van der Waals surface area contributed by atoms with E-state index in [9.17, 15) is 10.2 Å². The zero-order chi connectivity index (χ0) is 15.6. The Hall–Kier alpha value is -0.200. The molecule has 0 heterocycles. The van der Waals surface area contributed by atoms with Crippen LogP contribution in [0.4, 0.5) is 0 Å². The third-order valence-electron chi connectivity index (χ3n) is 3.29. The number of aliphatic hydroxyl groups is 2. The molecule has 0 saturated carbocycles. The van der Waals surface area contributed by atoms with Crippen LogP contribution in [0.2, 0.25) is 0 Å². The number of rotatable bonds is 12. The summed E-state index contributed by atoms with van der Waals surface area (Å²) < 4.78 is 16.2. The Bertz CT molecular complexity index is 230. The van der Waals surface area contributed by atoms with Crippen LogP contribution in [0.3, 0.4) is 0 Å². The maximum absolute atomic E-state index is 10.2. The monoisotopic (exact) mass is 292 g/mol. The summed E-state index contributed by atoms with van der Waals surface area (Å²) >= 11 is 0. The van der Waals surface area contributed by atoms with E-state index in [0.29, 0.717) is 19.6 Å². The van der Waals surface area contributed by atoms with Crippen molar-refractivity contribution in [3.63, 3.8) is 0 Å². The highest BCUT2D eigenvalue weighted by atomic mass is 16.5. The fraction of sp³-hybridized carbons (Fsp3) is 1.00. The first-order chi connectivity index (χ1) is 9.34. The molecule has 0 aliphatic heterocycles. The minimum atomic E-state index is -0.777. The van der Waals surface area contributed by atoms with Crippen molar-refractivity contribution in [2.75, 3.05) is 26.9 Å². The van der Waals surface area contributed by atoms with Crippen molar-refractivity contribution >= 4 is 0 Å². The molecule has 3 unspecified atom stereocenters. The lowest BCUT2D eigenvalue weighted by atomic mass is 9.95. The maximum Gasteiger partial charge on any atom is 0.109 e. The highest BCUT2D eigenvalue weighted by molar-refractivity contribution is 4.81. The van der Waals surface area contributed by atoms with E-state index in [2.05, 4.69) is 6.92 Å². The highest BCUT2D eigenvalue weighted by Gasteiger charge is 2.30. The number of unbranched alkanes of at least 4 members (excludes halogenated alkanes) is 1. The van der Waals surface area contributed by atoms with Gasteiger partial charge in [0, 0.05) is 20.1 Å². The topological polar surface area (TPSA) is 68.2 Å². The summed E-state index contributed by atoms with van der Waals surface area (Å²) in [6.45, 7) is 9.07. The molecule has 3 atom stereocenters. The van der Waals surface area contributed by atoms with E-state index in [0.717, 1.165) is 19.4 Å². The molecule has 2 N–H and O–H groups in total. The van der Waals surface area contributed by atoms with Gasteiger partial charge in [-0.3, -0.25) is 0 Å². The molecule has 0 spiro atoms. The van der Waals surface area contributed by atoms with Crippen molar-refractivity contribution in [1.29, 1.82) is 0 Å². The summed E-state index contributed by atoms with van der Waals surface area (Å²) in [5.41, 5.74) is -0.451. The van der Waals surface area contributed by atoms with E-state index in [1.807, 2.05) is 13.8 Å². The predicted molar refractivity (Wildman–Crippen MR) is 78.9 cm³/mol. The first kappa shape index (κ1) is 19.8. The van der Waals surface area contributed by atoms with Crippen molar-refractivity contribution in [3.8, 4) is 0 Å². The van der Waals surface area contributed by atoms with Crippen molar-refractivity contribution < 1.29 is 24.4 Å². The Balaban J connectivity index is 4.09. The molecular formula is C15H32O5.